The first kappa shape index (κ1) is 14.5. The summed E-state index contributed by atoms with van der Waals surface area (Å²) in [6.45, 7) is 4.07. The summed E-state index contributed by atoms with van der Waals surface area (Å²) < 4.78 is 27.4. The van der Waals surface area contributed by atoms with Gasteiger partial charge < -0.3 is 5.32 Å². The number of nitrogens with one attached hydrogen (secondary N) is 1. The molecule has 112 valence electrons. The minimum Gasteiger partial charge on any atom is -0.313 e. The largest absolute Gasteiger partial charge is 0.313 e. The van der Waals surface area contributed by atoms with E-state index in [0.717, 1.165) is 30.3 Å². The van der Waals surface area contributed by atoms with Gasteiger partial charge in [-0.15, -0.1) is 0 Å². The van der Waals surface area contributed by atoms with Crippen LogP contribution < -0.4 is 5.32 Å². The first-order valence-corrected chi connectivity index (χ1v) is 8.78. The van der Waals surface area contributed by atoms with E-state index in [1.54, 1.807) is 16.4 Å². The molecule has 5 heteroatoms. The molecule has 1 heterocycles. The molecule has 1 saturated heterocycles. The number of rotatable bonds is 5. The van der Waals surface area contributed by atoms with Crippen LogP contribution in [0.4, 0.5) is 0 Å². The second-order valence-electron chi connectivity index (χ2n) is 5.44. The average Bonchev–Trinajstić information content (AvgIpc) is 2.44. The highest BCUT2D eigenvalue weighted by Crippen LogP contribution is 2.24. The standard InChI is InChI=1S/C16H20N2O2S/c1-2-9-18(15-11-17-12-15)21(19,20)16-8-7-13-5-3-4-6-14(13)10-16/h3-8,10,15,17H,2,9,11-12H2,1H3. The van der Waals surface area contributed by atoms with Gasteiger partial charge in [0, 0.05) is 19.6 Å². The van der Waals surface area contributed by atoms with Crippen LogP contribution >= 0.6 is 0 Å². The number of hydrogen-bond donors (Lipinski definition) is 1. The van der Waals surface area contributed by atoms with Crippen LogP contribution in [0.5, 0.6) is 0 Å². The van der Waals surface area contributed by atoms with Crippen LogP contribution in [0.1, 0.15) is 13.3 Å². The second kappa shape index (κ2) is 5.75. The van der Waals surface area contributed by atoms with Gasteiger partial charge in [0.1, 0.15) is 0 Å². The summed E-state index contributed by atoms with van der Waals surface area (Å²) in [7, 11) is -3.42. The summed E-state index contributed by atoms with van der Waals surface area (Å²) in [4.78, 5) is 0.390. The van der Waals surface area contributed by atoms with Gasteiger partial charge in [-0.3, -0.25) is 0 Å². The van der Waals surface area contributed by atoms with Gasteiger partial charge in [0.15, 0.2) is 0 Å². The zero-order valence-electron chi connectivity index (χ0n) is 12.1. The number of hydrogen-bond acceptors (Lipinski definition) is 3. The normalized spacial score (nSPS) is 16.3. The third-order valence-corrected chi connectivity index (χ3v) is 5.89. The average molecular weight is 304 g/mol. The molecule has 0 amide bonds. The molecule has 1 fully saturated rings. The zero-order chi connectivity index (χ0) is 14.9. The van der Waals surface area contributed by atoms with Crippen LogP contribution in [0.15, 0.2) is 47.4 Å². The van der Waals surface area contributed by atoms with Gasteiger partial charge in [-0.1, -0.05) is 37.3 Å². The third-order valence-electron chi connectivity index (χ3n) is 3.94. The Bertz CT molecular complexity index is 739. The van der Waals surface area contributed by atoms with Gasteiger partial charge in [0.05, 0.1) is 10.9 Å². The molecule has 3 rings (SSSR count). The molecule has 0 atom stereocenters. The predicted molar refractivity (Wildman–Crippen MR) is 84.8 cm³/mol. The lowest BCUT2D eigenvalue weighted by molar-refractivity contribution is 0.242. The third kappa shape index (κ3) is 2.69. The smallest absolute Gasteiger partial charge is 0.243 e. The minimum absolute atomic E-state index is 0.0846. The van der Waals surface area contributed by atoms with E-state index < -0.39 is 10.0 Å². The number of fused-ring (bicyclic) bond motifs is 1. The predicted octanol–water partition coefficient (Wildman–Crippen LogP) is 2.21. The monoisotopic (exact) mass is 304 g/mol. The Morgan fingerprint density at radius 3 is 2.48 bits per heavy atom. The molecule has 1 N–H and O–H groups in total. The van der Waals surface area contributed by atoms with Crippen molar-refractivity contribution in [2.45, 2.75) is 24.3 Å². The van der Waals surface area contributed by atoms with Gasteiger partial charge >= 0.3 is 0 Å². The van der Waals surface area contributed by atoms with E-state index in [0.29, 0.717) is 11.4 Å². The fourth-order valence-electron chi connectivity index (χ4n) is 2.66. The Balaban J connectivity index is 2.01. The SMILES string of the molecule is CCCN(C1CNC1)S(=O)(=O)c1ccc2ccccc2c1. The Labute approximate surface area is 125 Å². The van der Waals surface area contributed by atoms with Crippen LogP contribution in [-0.2, 0) is 10.0 Å². The maximum Gasteiger partial charge on any atom is 0.243 e. The molecule has 0 unspecified atom stereocenters. The lowest BCUT2D eigenvalue weighted by atomic mass is 10.1. The van der Waals surface area contributed by atoms with Crippen molar-refractivity contribution in [1.82, 2.24) is 9.62 Å². The zero-order valence-corrected chi connectivity index (χ0v) is 12.9. The Hall–Kier alpha value is -1.43. The maximum absolute atomic E-state index is 12.9. The van der Waals surface area contributed by atoms with E-state index in [-0.39, 0.29) is 6.04 Å². The van der Waals surface area contributed by atoms with E-state index >= 15 is 0 Å². The molecular weight excluding hydrogens is 284 g/mol. The van der Waals surface area contributed by atoms with Crippen molar-refractivity contribution in [3.63, 3.8) is 0 Å². The van der Waals surface area contributed by atoms with Crippen LogP contribution in [0.2, 0.25) is 0 Å². The van der Waals surface area contributed by atoms with Gasteiger partial charge in [0.2, 0.25) is 10.0 Å². The van der Waals surface area contributed by atoms with Gasteiger partial charge in [-0.2, -0.15) is 4.31 Å². The topological polar surface area (TPSA) is 49.4 Å². The molecule has 1 aliphatic rings. The van der Waals surface area contributed by atoms with Gasteiger partial charge in [-0.05, 0) is 29.3 Å². The van der Waals surface area contributed by atoms with Gasteiger partial charge in [0.25, 0.3) is 0 Å². The molecule has 0 aromatic heterocycles. The molecule has 21 heavy (non-hydrogen) atoms. The van der Waals surface area contributed by atoms with E-state index in [1.165, 1.54) is 0 Å². The summed E-state index contributed by atoms with van der Waals surface area (Å²) in [6, 6.07) is 13.3. The molecule has 4 nitrogen and oxygen atoms in total. The summed E-state index contributed by atoms with van der Waals surface area (Å²) in [5, 5.41) is 5.17. The molecule has 0 saturated carbocycles. The van der Waals surface area contributed by atoms with Crippen LogP contribution in [0.3, 0.4) is 0 Å². The number of nitrogens with zero attached hydrogens (tertiary/aromatic N) is 1. The summed E-state index contributed by atoms with van der Waals surface area (Å²) >= 11 is 0. The highest BCUT2D eigenvalue weighted by molar-refractivity contribution is 7.89. The van der Waals surface area contributed by atoms with Crippen LogP contribution in [0.25, 0.3) is 10.8 Å². The first-order valence-electron chi connectivity index (χ1n) is 7.34. The lowest BCUT2D eigenvalue weighted by Gasteiger charge is -2.37. The summed E-state index contributed by atoms with van der Waals surface area (Å²) in [6.07, 6.45) is 0.823. The quantitative estimate of drug-likeness (QED) is 0.921. The molecule has 2 aromatic rings. The summed E-state index contributed by atoms with van der Waals surface area (Å²) in [5.41, 5.74) is 0. The van der Waals surface area contributed by atoms with Crippen molar-refractivity contribution >= 4 is 20.8 Å². The van der Waals surface area contributed by atoms with Crippen molar-refractivity contribution in [2.75, 3.05) is 19.6 Å². The Morgan fingerprint density at radius 2 is 1.86 bits per heavy atom. The van der Waals surface area contributed by atoms with Gasteiger partial charge in [-0.25, -0.2) is 8.42 Å². The molecule has 0 bridgehead atoms. The summed E-state index contributed by atoms with van der Waals surface area (Å²) in [5.74, 6) is 0. The van der Waals surface area contributed by atoms with Crippen molar-refractivity contribution in [3.05, 3.63) is 42.5 Å². The molecule has 1 aliphatic heterocycles. The van der Waals surface area contributed by atoms with Crippen molar-refractivity contribution in [1.29, 1.82) is 0 Å². The minimum atomic E-state index is -3.42. The molecule has 0 radical (unpaired) electrons. The molecule has 2 aromatic carbocycles. The van der Waals surface area contributed by atoms with Crippen molar-refractivity contribution in [3.8, 4) is 0 Å². The number of sulfonamides is 1. The first-order chi connectivity index (χ1) is 10.1. The molecule has 0 spiro atoms. The van der Waals surface area contributed by atoms with Crippen molar-refractivity contribution in [2.24, 2.45) is 0 Å². The maximum atomic E-state index is 12.9. The van der Waals surface area contributed by atoms with E-state index in [4.69, 9.17) is 0 Å². The fraction of sp³-hybridized carbons (Fsp3) is 0.375. The van der Waals surface area contributed by atoms with Crippen molar-refractivity contribution < 1.29 is 8.42 Å². The van der Waals surface area contributed by atoms with E-state index in [9.17, 15) is 8.42 Å². The number of benzene rings is 2. The highest BCUT2D eigenvalue weighted by Gasteiger charge is 2.34. The molecule has 0 aliphatic carbocycles. The Kier molecular flexibility index (Phi) is 3.97. The molecular formula is C16H20N2O2S. The fourth-order valence-corrected chi connectivity index (χ4v) is 4.41. The van der Waals surface area contributed by atoms with E-state index in [2.05, 4.69) is 5.32 Å². The highest BCUT2D eigenvalue weighted by atomic mass is 32.2. The van der Waals surface area contributed by atoms with E-state index in [1.807, 2.05) is 37.3 Å². The lowest BCUT2D eigenvalue weighted by Crippen LogP contribution is -2.58. The van der Waals surface area contributed by atoms with Crippen LogP contribution in [0, 0.1) is 0 Å². The second-order valence-corrected chi connectivity index (χ2v) is 7.33. The van der Waals surface area contributed by atoms with Crippen LogP contribution in [-0.4, -0.2) is 38.4 Å². The Morgan fingerprint density at radius 1 is 1.14 bits per heavy atom.